The van der Waals surface area contributed by atoms with E-state index in [9.17, 15) is 14.0 Å². The number of nitrogens with two attached hydrogens (primary N) is 1. The van der Waals surface area contributed by atoms with Gasteiger partial charge < -0.3 is 25.6 Å². The van der Waals surface area contributed by atoms with Crippen LogP contribution in [0.3, 0.4) is 0 Å². The first kappa shape index (κ1) is 24.2. The highest BCUT2D eigenvalue weighted by atomic mass is 19.1. The van der Waals surface area contributed by atoms with E-state index in [0.717, 1.165) is 11.3 Å². The lowest BCUT2D eigenvalue weighted by atomic mass is 10.0. The number of primary amides is 1. The average Bonchev–Trinajstić information content (AvgIpc) is 2.79. The highest BCUT2D eigenvalue weighted by Crippen LogP contribution is 2.38. The zero-order valence-corrected chi connectivity index (χ0v) is 20.4. The molecule has 2 atom stereocenters. The van der Waals surface area contributed by atoms with Gasteiger partial charge in [-0.2, -0.15) is 0 Å². The summed E-state index contributed by atoms with van der Waals surface area (Å²) in [6.07, 6.45) is 0. The highest BCUT2D eigenvalue weighted by Gasteiger charge is 2.32. The molecule has 2 unspecified atom stereocenters. The molecule has 0 bridgehead atoms. The van der Waals surface area contributed by atoms with Crippen molar-refractivity contribution in [2.45, 2.75) is 39.8 Å². The van der Waals surface area contributed by atoms with Crippen molar-refractivity contribution in [1.82, 2.24) is 15.1 Å². The lowest BCUT2D eigenvalue weighted by Crippen LogP contribution is -2.58. The Hall–Kier alpha value is -3.95. The summed E-state index contributed by atoms with van der Waals surface area (Å²) in [4.78, 5) is 28.3. The Morgan fingerprint density at radius 3 is 2.40 bits per heavy atom. The minimum absolute atomic E-state index is 0.0207. The van der Waals surface area contributed by atoms with Crippen LogP contribution in [0.25, 0.3) is 10.9 Å². The van der Waals surface area contributed by atoms with E-state index in [1.807, 2.05) is 24.8 Å². The molecular weight excluding hydrogens is 451 g/mol. The van der Waals surface area contributed by atoms with Gasteiger partial charge in [-0.1, -0.05) is 6.07 Å². The summed E-state index contributed by atoms with van der Waals surface area (Å²) in [6.45, 7) is 8.54. The summed E-state index contributed by atoms with van der Waals surface area (Å²) in [5.74, 6) is -0.656. The van der Waals surface area contributed by atoms with E-state index in [0.29, 0.717) is 29.7 Å². The third-order valence-corrected chi connectivity index (χ3v) is 6.30. The minimum Gasteiger partial charge on any atom is -0.495 e. The predicted molar refractivity (Wildman–Crippen MR) is 133 cm³/mol. The predicted octanol–water partition coefficient (Wildman–Crippen LogP) is 3.37. The van der Waals surface area contributed by atoms with Crippen LogP contribution in [0, 0.1) is 12.7 Å². The number of aromatic nitrogens is 2. The maximum atomic E-state index is 14.7. The number of nitrogens with one attached hydrogen (secondary N) is 1. The Morgan fingerprint density at radius 1 is 1.14 bits per heavy atom. The van der Waals surface area contributed by atoms with Crippen LogP contribution < -0.4 is 20.7 Å². The van der Waals surface area contributed by atoms with E-state index in [1.54, 1.807) is 39.2 Å². The van der Waals surface area contributed by atoms with Gasteiger partial charge in [-0.15, -0.1) is 10.2 Å². The van der Waals surface area contributed by atoms with Gasteiger partial charge in [-0.25, -0.2) is 4.39 Å². The molecule has 10 heteroatoms. The molecule has 3 aromatic rings. The van der Waals surface area contributed by atoms with Gasteiger partial charge in [0.05, 0.1) is 29.7 Å². The molecule has 1 saturated heterocycles. The van der Waals surface area contributed by atoms with E-state index in [2.05, 4.69) is 20.4 Å². The summed E-state index contributed by atoms with van der Waals surface area (Å²) < 4.78 is 20.3. The second-order valence-electron chi connectivity index (χ2n) is 8.97. The Balaban J connectivity index is 1.86. The van der Waals surface area contributed by atoms with Crippen molar-refractivity contribution in [2.75, 3.05) is 30.4 Å². The SMILES string of the molecule is COc1cc2nnc(C(N)=O)c(Nc3ccc(C)cc3F)c2cc1N1CC(C)N(C(C)=O)C(C)C1. The number of rotatable bonds is 5. The molecule has 9 nitrogen and oxygen atoms in total. The second kappa shape index (κ2) is 9.36. The molecule has 0 saturated carbocycles. The summed E-state index contributed by atoms with van der Waals surface area (Å²) in [6, 6.07) is 8.28. The summed E-state index contributed by atoms with van der Waals surface area (Å²) in [7, 11) is 1.56. The van der Waals surface area contributed by atoms with Gasteiger partial charge in [-0.05, 0) is 44.5 Å². The molecule has 2 heterocycles. The highest BCUT2D eigenvalue weighted by molar-refractivity contribution is 6.07. The number of hydrogen-bond donors (Lipinski definition) is 2. The first-order valence-corrected chi connectivity index (χ1v) is 11.4. The van der Waals surface area contributed by atoms with Gasteiger partial charge in [0, 0.05) is 43.5 Å². The third-order valence-electron chi connectivity index (χ3n) is 6.30. The number of piperazine rings is 1. The Bertz CT molecular complexity index is 1300. The molecular formula is C25H29FN6O3. The standard InChI is InChI=1S/C25H29FN6O3/c1-13-6-7-19(18(26)8-13)28-23-17-9-21(31-11-14(2)32(16(4)33)15(3)12-31)22(35-5)10-20(17)29-30-24(23)25(27)34/h6-10,14-15H,11-12H2,1-5H3,(H2,27,34)(H,28,29). The van der Waals surface area contributed by atoms with Crippen molar-refractivity contribution in [3.63, 3.8) is 0 Å². The molecule has 4 rings (SSSR count). The van der Waals surface area contributed by atoms with Gasteiger partial charge in [0.15, 0.2) is 5.69 Å². The molecule has 2 aromatic carbocycles. The number of carbonyl (C=O) groups is 2. The lowest BCUT2D eigenvalue weighted by Gasteiger charge is -2.45. The van der Waals surface area contributed by atoms with E-state index in [4.69, 9.17) is 10.5 Å². The number of aryl methyl sites for hydroxylation is 1. The topological polar surface area (TPSA) is 114 Å². The van der Waals surface area contributed by atoms with E-state index in [1.165, 1.54) is 6.07 Å². The first-order chi connectivity index (χ1) is 16.6. The molecule has 1 aromatic heterocycles. The van der Waals surface area contributed by atoms with Gasteiger partial charge in [0.2, 0.25) is 5.91 Å². The third kappa shape index (κ3) is 4.55. The fraction of sp³-hybridized carbons (Fsp3) is 0.360. The largest absolute Gasteiger partial charge is 0.495 e. The zero-order chi connectivity index (χ0) is 25.4. The molecule has 35 heavy (non-hydrogen) atoms. The Kier molecular flexibility index (Phi) is 6.47. The molecule has 3 N–H and O–H groups in total. The molecule has 184 valence electrons. The van der Waals surface area contributed by atoms with E-state index >= 15 is 0 Å². The molecule has 0 spiro atoms. The van der Waals surface area contributed by atoms with Crippen LogP contribution in [0.1, 0.15) is 36.8 Å². The number of ether oxygens (including phenoxy) is 1. The maximum Gasteiger partial charge on any atom is 0.271 e. The zero-order valence-electron chi connectivity index (χ0n) is 20.4. The van der Waals surface area contributed by atoms with Crippen LogP contribution >= 0.6 is 0 Å². The van der Waals surface area contributed by atoms with Gasteiger partial charge in [-0.3, -0.25) is 9.59 Å². The number of fused-ring (bicyclic) bond motifs is 1. The second-order valence-corrected chi connectivity index (χ2v) is 8.97. The van der Waals surface area contributed by atoms with E-state index in [-0.39, 0.29) is 35.1 Å². The molecule has 1 aliphatic heterocycles. The van der Waals surface area contributed by atoms with Gasteiger partial charge in [0.25, 0.3) is 5.91 Å². The lowest BCUT2D eigenvalue weighted by molar-refractivity contribution is -0.133. The number of methoxy groups -OCH3 is 1. The van der Waals surface area contributed by atoms with Crippen molar-refractivity contribution >= 4 is 39.8 Å². The summed E-state index contributed by atoms with van der Waals surface area (Å²) in [5.41, 5.74) is 7.91. The van der Waals surface area contributed by atoms with E-state index < -0.39 is 11.7 Å². The molecule has 2 amide bonds. The fourth-order valence-corrected chi connectivity index (χ4v) is 4.83. The van der Waals surface area contributed by atoms with Crippen LogP contribution in [-0.2, 0) is 4.79 Å². The van der Waals surface area contributed by atoms with Crippen molar-refractivity contribution in [1.29, 1.82) is 0 Å². The molecule has 0 aliphatic carbocycles. The summed E-state index contributed by atoms with van der Waals surface area (Å²) in [5, 5.41) is 11.7. The summed E-state index contributed by atoms with van der Waals surface area (Å²) >= 11 is 0. The van der Waals surface area contributed by atoms with Crippen molar-refractivity contribution in [3.8, 4) is 5.75 Å². The fourth-order valence-electron chi connectivity index (χ4n) is 4.83. The molecule has 1 aliphatic rings. The number of amides is 2. The number of carbonyl (C=O) groups excluding carboxylic acids is 2. The Labute approximate surface area is 203 Å². The monoisotopic (exact) mass is 480 g/mol. The minimum atomic E-state index is -0.788. The normalized spacial score (nSPS) is 18.0. The van der Waals surface area contributed by atoms with Crippen LogP contribution in [0.2, 0.25) is 0 Å². The smallest absolute Gasteiger partial charge is 0.271 e. The number of hydrogen-bond acceptors (Lipinski definition) is 7. The van der Waals surface area contributed by atoms with Crippen molar-refractivity contribution < 1.29 is 18.7 Å². The van der Waals surface area contributed by atoms with Crippen LogP contribution in [-0.4, -0.2) is 59.2 Å². The molecule has 1 fully saturated rings. The molecule has 0 radical (unpaired) electrons. The number of nitrogens with zero attached hydrogens (tertiary/aromatic N) is 4. The maximum absolute atomic E-state index is 14.7. The van der Waals surface area contributed by atoms with Crippen LogP contribution in [0.5, 0.6) is 5.75 Å². The van der Waals surface area contributed by atoms with Gasteiger partial charge >= 0.3 is 0 Å². The van der Waals surface area contributed by atoms with Gasteiger partial charge in [0.1, 0.15) is 11.6 Å². The Morgan fingerprint density at radius 2 is 1.83 bits per heavy atom. The van der Waals surface area contributed by atoms with Crippen molar-refractivity contribution in [2.24, 2.45) is 5.73 Å². The quantitative estimate of drug-likeness (QED) is 0.576. The van der Waals surface area contributed by atoms with Crippen LogP contribution in [0.15, 0.2) is 30.3 Å². The number of anilines is 3. The number of halogens is 1. The van der Waals surface area contributed by atoms with Crippen LogP contribution in [0.4, 0.5) is 21.5 Å². The average molecular weight is 481 g/mol. The number of benzene rings is 2. The van der Waals surface area contributed by atoms with Crippen molar-refractivity contribution in [3.05, 3.63) is 47.4 Å². The first-order valence-electron chi connectivity index (χ1n) is 11.4.